The van der Waals surface area contributed by atoms with E-state index >= 15 is 0 Å². The van der Waals surface area contributed by atoms with Crippen molar-refractivity contribution in [3.63, 3.8) is 0 Å². The summed E-state index contributed by atoms with van der Waals surface area (Å²) in [5.41, 5.74) is 1.65. The molecule has 5 rings (SSSR count). The number of nitrogens with one attached hydrogen (secondary N) is 2. The molecule has 2 aliphatic rings. The van der Waals surface area contributed by atoms with E-state index in [0.29, 0.717) is 23.2 Å². The Balaban J connectivity index is 1.34. The quantitative estimate of drug-likeness (QED) is 0.174. The molecule has 3 aromatic rings. The van der Waals surface area contributed by atoms with Gasteiger partial charge in [0.25, 0.3) is 0 Å². The van der Waals surface area contributed by atoms with Gasteiger partial charge in [-0.15, -0.1) is 0 Å². The van der Waals surface area contributed by atoms with E-state index in [4.69, 9.17) is 18.9 Å². The van der Waals surface area contributed by atoms with Crippen molar-refractivity contribution in [2.45, 2.75) is 43.8 Å². The molecule has 0 bridgehead atoms. The zero-order valence-electron chi connectivity index (χ0n) is 27.7. The van der Waals surface area contributed by atoms with Crippen LogP contribution >= 0.6 is 0 Å². The lowest BCUT2D eigenvalue weighted by atomic mass is 10.0. The number of carboxylic acids is 1. The van der Waals surface area contributed by atoms with E-state index in [9.17, 15) is 46.6 Å². The second-order valence-electron chi connectivity index (χ2n) is 11.6. The predicted molar refractivity (Wildman–Crippen MR) is 170 cm³/mol. The Hall–Kier alpha value is -6.07. The lowest BCUT2D eigenvalue weighted by molar-refractivity contribution is -0.140. The number of carbonyl (C=O) groups is 5. The highest BCUT2D eigenvalue weighted by Crippen LogP contribution is 2.41. The summed E-state index contributed by atoms with van der Waals surface area (Å²) in [6.45, 7) is -1.29. The number of ether oxygens (including phenoxy) is 5. The molecule has 0 fully saturated rings. The molecule has 2 aliphatic heterocycles. The van der Waals surface area contributed by atoms with E-state index < -0.39 is 89.8 Å². The van der Waals surface area contributed by atoms with Gasteiger partial charge in [-0.3, -0.25) is 24.1 Å². The number of amides is 3. The zero-order valence-corrected chi connectivity index (χ0v) is 27.7. The molecule has 52 heavy (non-hydrogen) atoms. The van der Waals surface area contributed by atoms with Crippen LogP contribution in [0.25, 0.3) is 0 Å². The number of aryl methyl sites for hydroxylation is 1. The number of hydrogen-bond acceptors (Lipinski definition) is 10. The van der Waals surface area contributed by atoms with E-state index in [1.807, 2.05) is 0 Å². The SMILES string of the molecule is COc1cc(OC(=O)NC2CCc3cccc4c3N(C2=O)C(C(=O)NC(CC(=O)O)C(=O)COc2c(F)c(F)cc(F)c2F)C4)cc(OC)c1OC. The van der Waals surface area contributed by atoms with Crippen molar-refractivity contribution in [3.8, 4) is 28.7 Å². The lowest BCUT2D eigenvalue weighted by Gasteiger charge is -2.28. The molecular weight excluding hydrogens is 702 g/mol. The minimum absolute atomic E-state index is 0.0109. The summed E-state index contributed by atoms with van der Waals surface area (Å²) in [4.78, 5) is 66.6. The van der Waals surface area contributed by atoms with Crippen molar-refractivity contribution in [3.05, 3.63) is 70.8 Å². The molecule has 3 aromatic carbocycles. The van der Waals surface area contributed by atoms with Crippen molar-refractivity contribution in [1.29, 1.82) is 0 Å². The first kappa shape index (κ1) is 37.2. The van der Waals surface area contributed by atoms with Crippen LogP contribution in [0.2, 0.25) is 0 Å². The molecule has 0 radical (unpaired) electrons. The summed E-state index contributed by atoms with van der Waals surface area (Å²) in [5, 5.41) is 14.2. The van der Waals surface area contributed by atoms with Crippen LogP contribution in [0.4, 0.5) is 28.0 Å². The number of methoxy groups -OCH3 is 3. The maximum absolute atomic E-state index is 14.1. The van der Waals surface area contributed by atoms with Crippen LogP contribution in [-0.2, 0) is 32.0 Å². The smallest absolute Gasteiger partial charge is 0.413 e. The number of carbonyl (C=O) groups excluding carboxylic acids is 4. The van der Waals surface area contributed by atoms with Crippen molar-refractivity contribution >= 4 is 35.3 Å². The fourth-order valence-electron chi connectivity index (χ4n) is 5.98. The minimum Gasteiger partial charge on any atom is -0.493 e. The maximum Gasteiger partial charge on any atom is 0.413 e. The zero-order chi connectivity index (χ0) is 37.9. The Labute approximate surface area is 292 Å². The Morgan fingerprint density at radius 3 is 2.15 bits per heavy atom. The van der Waals surface area contributed by atoms with Crippen LogP contribution in [0.15, 0.2) is 36.4 Å². The number of para-hydroxylation sites is 1. The van der Waals surface area contributed by atoms with Gasteiger partial charge in [0.1, 0.15) is 30.5 Å². The fourth-order valence-corrected chi connectivity index (χ4v) is 5.98. The predicted octanol–water partition coefficient (Wildman–Crippen LogP) is 3.24. The topological polar surface area (TPSA) is 179 Å². The summed E-state index contributed by atoms with van der Waals surface area (Å²) in [5.74, 6) is -12.9. The number of Topliss-reactive ketones (excluding diaryl/α,β-unsaturated/α-hetero) is 1. The summed E-state index contributed by atoms with van der Waals surface area (Å²) in [6, 6.07) is 3.36. The Morgan fingerprint density at radius 2 is 1.56 bits per heavy atom. The van der Waals surface area contributed by atoms with Crippen LogP contribution in [-0.4, -0.2) is 80.8 Å². The average Bonchev–Trinajstić information content (AvgIpc) is 3.45. The van der Waals surface area contributed by atoms with Gasteiger partial charge in [0, 0.05) is 24.6 Å². The van der Waals surface area contributed by atoms with Crippen molar-refractivity contribution in [2.24, 2.45) is 0 Å². The van der Waals surface area contributed by atoms with Crippen LogP contribution < -0.4 is 39.2 Å². The number of rotatable bonds is 13. The largest absolute Gasteiger partial charge is 0.493 e. The summed E-state index contributed by atoms with van der Waals surface area (Å²) >= 11 is 0. The first-order valence-corrected chi connectivity index (χ1v) is 15.5. The Bertz CT molecular complexity index is 1890. The summed E-state index contributed by atoms with van der Waals surface area (Å²) < 4.78 is 81.3. The van der Waals surface area contributed by atoms with Gasteiger partial charge in [-0.25, -0.2) is 13.6 Å². The van der Waals surface area contributed by atoms with Gasteiger partial charge >= 0.3 is 12.1 Å². The molecule has 0 aliphatic carbocycles. The normalized spacial score (nSPS) is 16.6. The highest BCUT2D eigenvalue weighted by Gasteiger charge is 2.45. The third-order valence-corrected chi connectivity index (χ3v) is 8.36. The second-order valence-corrected chi connectivity index (χ2v) is 11.6. The number of nitrogens with zero attached hydrogens (tertiary/aromatic N) is 1. The van der Waals surface area contributed by atoms with E-state index in [2.05, 4.69) is 15.4 Å². The number of ketones is 1. The summed E-state index contributed by atoms with van der Waals surface area (Å²) in [7, 11) is 4.12. The van der Waals surface area contributed by atoms with Gasteiger partial charge < -0.3 is 39.4 Å². The highest BCUT2D eigenvalue weighted by atomic mass is 19.2. The van der Waals surface area contributed by atoms with Gasteiger partial charge in [-0.2, -0.15) is 8.78 Å². The number of benzene rings is 3. The number of anilines is 1. The molecule has 0 spiro atoms. The fraction of sp³-hybridized carbons (Fsp3) is 0.324. The van der Waals surface area contributed by atoms with Crippen LogP contribution in [0, 0.1) is 23.3 Å². The van der Waals surface area contributed by atoms with Crippen LogP contribution in [0.1, 0.15) is 24.0 Å². The molecule has 18 heteroatoms. The second kappa shape index (κ2) is 15.4. The van der Waals surface area contributed by atoms with Gasteiger partial charge in [-0.05, 0) is 24.0 Å². The molecule has 2 heterocycles. The molecule has 0 saturated carbocycles. The highest BCUT2D eigenvalue weighted by molar-refractivity contribution is 6.08. The standard InChI is InChI=1S/C34H31F4N3O11/c1-48-24-10-17(11-25(49-2)30(24)50-3)52-34(47)40-20-8-7-15-5-4-6-16-9-22(41(29(15)16)33(20)46)32(45)39-21(13-26(43)44)23(42)14-51-31-27(37)18(35)12-19(36)28(31)38/h4-6,10-12,20-22H,7-9,13-14H2,1-3H3,(H,39,45)(H,40,47)(H,43,44). The number of carboxylic acid groups (broad SMARTS) is 1. The van der Waals surface area contributed by atoms with Crippen molar-refractivity contribution in [1.82, 2.24) is 10.6 Å². The van der Waals surface area contributed by atoms with Crippen molar-refractivity contribution in [2.75, 3.05) is 32.8 Å². The third kappa shape index (κ3) is 7.50. The number of aliphatic carboxylic acids is 1. The number of hydrogen-bond donors (Lipinski definition) is 3. The van der Waals surface area contributed by atoms with Crippen molar-refractivity contribution < 1.29 is 70.3 Å². The molecule has 14 nitrogen and oxygen atoms in total. The van der Waals surface area contributed by atoms with E-state index in [1.165, 1.54) is 33.5 Å². The lowest BCUT2D eigenvalue weighted by Crippen LogP contribution is -2.57. The van der Waals surface area contributed by atoms with E-state index in [0.717, 1.165) is 4.90 Å². The van der Waals surface area contributed by atoms with E-state index in [-0.39, 0.29) is 41.9 Å². The molecule has 3 atom stereocenters. The molecule has 3 N–H and O–H groups in total. The minimum atomic E-state index is -1.93. The van der Waals surface area contributed by atoms with Crippen LogP contribution in [0.5, 0.6) is 28.7 Å². The maximum atomic E-state index is 14.1. The molecular formula is C34H31F4N3O11. The molecule has 3 unspecified atom stereocenters. The number of halogens is 4. The Morgan fingerprint density at radius 1 is 0.923 bits per heavy atom. The Kier molecular flexibility index (Phi) is 11.0. The van der Waals surface area contributed by atoms with Gasteiger partial charge in [-0.1, -0.05) is 18.2 Å². The van der Waals surface area contributed by atoms with Gasteiger partial charge in [0.05, 0.1) is 33.4 Å². The first-order valence-electron chi connectivity index (χ1n) is 15.5. The molecule has 0 aromatic heterocycles. The third-order valence-electron chi connectivity index (χ3n) is 8.36. The van der Waals surface area contributed by atoms with Gasteiger partial charge in [0.15, 0.2) is 34.7 Å². The monoisotopic (exact) mass is 733 g/mol. The summed E-state index contributed by atoms with van der Waals surface area (Å²) in [6.07, 6.45) is -1.73. The van der Waals surface area contributed by atoms with E-state index in [1.54, 1.807) is 18.2 Å². The molecule has 276 valence electrons. The first-order chi connectivity index (χ1) is 24.8. The molecule has 3 amide bonds. The average molecular weight is 734 g/mol. The van der Waals surface area contributed by atoms with Crippen LogP contribution in [0.3, 0.4) is 0 Å². The molecule has 0 saturated heterocycles. The van der Waals surface area contributed by atoms with Gasteiger partial charge in [0.2, 0.25) is 29.2 Å².